The Morgan fingerprint density at radius 3 is 2.80 bits per heavy atom. The van der Waals surface area contributed by atoms with E-state index in [0.717, 1.165) is 5.56 Å². The van der Waals surface area contributed by atoms with Crippen LogP contribution in [0.2, 0.25) is 0 Å². The molecule has 1 N–H and O–H groups in total. The second kappa shape index (κ2) is 6.00. The fraction of sp³-hybridized carbons (Fsp3) is 0.143. The van der Waals surface area contributed by atoms with Crippen LogP contribution < -0.4 is 4.90 Å². The van der Waals surface area contributed by atoms with Crippen molar-refractivity contribution < 1.29 is 14.3 Å². The van der Waals surface area contributed by atoms with E-state index in [4.69, 9.17) is 5.11 Å². The van der Waals surface area contributed by atoms with Crippen molar-refractivity contribution in [3.63, 3.8) is 0 Å². The maximum Gasteiger partial charge on any atom is 0.336 e. The van der Waals surface area contributed by atoms with Gasteiger partial charge in [-0.2, -0.15) is 0 Å². The lowest BCUT2D eigenvalue weighted by Gasteiger charge is -2.20. The second-order valence-corrected chi connectivity index (χ2v) is 5.08. The molecular weight excluding hydrogens is 327 g/mol. The summed E-state index contributed by atoms with van der Waals surface area (Å²) in [6.07, 6.45) is 3.37. The SMILES string of the molecule is CN(Cc1cccnc1)c1ccc(C(=O)O)c(Br)c1F. The predicted molar refractivity (Wildman–Crippen MR) is 77.4 cm³/mol. The molecule has 0 unspecified atom stereocenters. The van der Waals surface area contributed by atoms with Crippen LogP contribution in [0.4, 0.5) is 10.1 Å². The van der Waals surface area contributed by atoms with E-state index in [0.29, 0.717) is 12.2 Å². The van der Waals surface area contributed by atoms with Gasteiger partial charge in [0.15, 0.2) is 5.82 Å². The number of halogens is 2. The molecule has 2 aromatic rings. The number of pyridine rings is 1. The molecule has 0 saturated heterocycles. The number of hydrogen-bond acceptors (Lipinski definition) is 3. The lowest BCUT2D eigenvalue weighted by atomic mass is 10.1. The summed E-state index contributed by atoms with van der Waals surface area (Å²) in [5, 5.41) is 8.94. The molecule has 0 aliphatic carbocycles. The summed E-state index contributed by atoms with van der Waals surface area (Å²) < 4.78 is 14.2. The third kappa shape index (κ3) is 2.96. The molecule has 0 aliphatic heterocycles. The Hall–Kier alpha value is -1.95. The van der Waals surface area contributed by atoms with Crippen molar-refractivity contribution in [2.45, 2.75) is 6.54 Å². The highest BCUT2D eigenvalue weighted by atomic mass is 79.9. The van der Waals surface area contributed by atoms with Crippen molar-refractivity contribution in [3.05, 3.63) is 58.1 Å². The topological polar surface area (TPSA) is 53.4 Å². The number of hydrogen-bond donors (Lipinski definition) is 1. The second-order valence-electron chi connectivity index (χ2n) is 4.28. The van der Waals surface area contributed by atoms with Crippen molar-refractivity contribution >= 4 is 27.6 Å². The average molecular weight is 339 g/mol. The number of aromatic carboxylic acids is 1. The Balaban J connectivity index is 2.29. The van der Waals surface area contributed by atoms with Gasteiger partial charge in [0.05, 0.1) is 15.7 Å². The van der Waals surface area contributed by atoms with Crippen LogP contribution in [-0.4, -0.2) is 23.1 Å². The first-order valence-corrected chi connectivity index (χ1v) is 6.61. The van der Waals surface area contributed by atoms with Crippen LogP contribution in [0.3, 0.4) is 0 Å². The molecule has 0 saturated carbocycles. The molecule has 2 rings (SSSR count). The third-order valence-electron chi connectivity index (χ3n) is 2.85. The van der Waals surface area contributed by atoms with Crippen molar-refractivity contribution in [2.75, 3.05) is 11.9 Å². The number of anilines is 1. The van der Waals surface area contributed by atoms with Crippen molar-refractivity contribution in [1.29, 1.82) is 0 Å². The van der Waals surface area contributed by atoms with E-state index in [1.807, 2.05) is 12.1 Å². The van der Waals surface area contributed by atoms with Gasteiger partial charge in [-0.1, -0.05) is 6.07 Å². The van der Waals surface area contributed by atoms with E-state index in [-0.39, 0.29) is 10.0 Å². The van der Waals surface area contributed by atoms with Crippen LogP contribution in [0.25, 0.3) is 0 Å². The van der Waals surface area contributed by atoms with E-state index in [1.54, 1.807) is 24.3 Å². The van der Waals surface area contributed by atoms with Gasteiger partial charge >= 0.3 is 5.97 Å². The monoisotopic (exact) mass is 338 g/mol. The van der Waals surface area contributed by atoms with E-state index in [2.05, 4.69) is 20.9 Å². The van der Waals surface area contributed by atoms with Crippen LogP contribution in [0.15, 0.2) is 41.1 Å². The first-order chi connectivity index (χ1) is 9.50. The van der Waals surface area contributed by atoms with Crippen LogP contribution in [0.5, 0.6) is 0 Å². The number of aromatic nitrogens is 1. The highest BCUT2D eigenvalue weighted by molar-refractivity contribution is 9.10. The van der Waals surface area contributed by atoms with E-state index < -0.39 is 11.8 Å². The predicted octanol–water partition coefficient (Wildman–Crippen LogP) is 3.32. The third-order valence-corrected chi connectivity index (χ3v) is 3.62. The number of rotatable bonds is 4. The van der Waals surface area contributed by atoms with E-state index >= 15 is 0 Å². The molecule has 1 heterocycles. The Morgan fingerprint density at radius 2 is 2.20 bits per heavy atom. The summed E-state index contributed by atoms with van der Waals surface area (Å²) in [5.41, 5.74) is 1.17. The standard InChI is InChI=1S/C14H12BrFN2O2/c1-18(8-9-3-2-6-17-7-9)11-5-4-10(14(19)20)12(15)13(11)16/h2-7H,8H2,1H3,(H,19,20). The Kier molecular flexibility index (Phi) is 4.34. The average Bonchev–Trinajstić information content (AvgIpc) is 2.42. The normalized spacial score (nSPS) is 10.3. The zero-order valence-corrected chi connectivity index (χ0v) is 12.3. The molecule has 6 heteroatoms. The highest BCUT2D eigenvalue weighted by Crippen LogP contribution is 2.29. The highest BCUT2D eigenvalue weighted by Gasteiger charge is 2.18. The first kappa shape index (κ1) is 14.5. The molecule has 0 radical (unpaired) electrons. The van der Waals surface area contributed by atoms with E-state index in [9.17, 15) is 9.18 Å². The zero-order valence-electron chi connectivity index (χ0n) is 10.7. The zero-order chi connectivity index (χ0) is 14.7. The molecular formula is C14H12BrFN2O2. The maximum absolute atomic E-state index is 14.2. The molecule has 0 amide bonds. The van der Waals surface area contributed by atoms with Crippen LogP contribution in [-0.2, 0) is 6.54 Å². The Labute approximate surface area is 124 Å². The molecule has 0 bridgehead atoms. The Morgan fingerprint density at radius 1 is 1.45 bits per heavy atom. The number of carbonyl (C=O) groups is 1. The van der Waals surface area contributed by atoms with Gasteiger partial charge in [-0.25, -0.2) is 9.18 Å². The summed E-state index contributed by atoms with van der Waals surface area (Å²) in [7, 11) is 1.73. The summed E-state index contributed by atoms with van der Waals surface area (Å²) in [6.45, 7) is 0.476. The Bertz CT molecular complexity index is 635. The number of benzene rings is 1. The van der Waals surface area contributed by atoms with Crippen molar-refractivity contribution in [3.8, 4) is 0 Å². The van der Waals surface area contributed by atoms with E-state index in [1.165, 1.54) is 12.1 Å². The van der Waals surface area contributed by atoms with Crippen molar-refractivity contribution in [2.24, 2.45) is 0 Å². The van der Waals surface area contributed by atoms with Gasteiger partial charge in [0, 0.05) is 26.0 Å². The molecule has 1 aromatic carbocycles. The van der Waals surface area contributed by atoms with Gasteiger partial charge in [-0.15, -0.1) is 0 Å². The van der Waals surface area contributed by atoms with Crippen LogP contribution in [0, 0.1) is 5.82 Å². The van der Waals surface area contributed by atoms with Crippen LogP contribution in [0.1, 0.15) is 15.9 Å². The molecule has 0 fully saturated rings. The minimum atomic E-state index is -1.17. The summed E-state index contributed by atoms with van der Waals surface area (Å²) in [4.78, 5) is 16.6. The maximum atomic E-state index is 14.2. The quantitative estimate of drug-likeness (QED) is 0.929. The lowest BCUT2D eigenvalue weighted by Crippen LogP contribution is -2.18. The molecule has 0 aliphatic rings. The molecule has 0 spiro atoms. The van der Waals surface area contributed by atoms with Crippen molar-refractivity contribution in [1.82, 2.24) is 4.98 Å². The fourth-order valence-corrected chi connectivity index (χ4v) is 2.35. The smallest absolute Gasteiger partial charge is 0.336 e. The molecule has 20 heavy (non-hydrogen) atoms. The van der Waals surface area contributed by atoms with Crippen LogP contribution >= 0.6 is 15.9 Å². The number of carboxylic acids is 1. The van der Waals surface area contributed by atoms with Gasteiger partial charge in [0.1, 0.15) is 0 Å². The fourth-order valence-electron chi connectivity index (χ4n) is 1.85. The first-order valence-electron chi connectivity index (χ1n) is 5.82. The molecule has 0 atom stereocenters. The minimum absolute atomic E-state index is 0.0412. The number of nitrogens with zero attached hydrogens (tertiary/aromatic N) is 2. The molecule has 1 aromatic heterocycles. The van der Waals surface area contributed by atoms with Gasteiger partial charge in [-0.05, 0) is 39.7 Å². The summed E-state index contributed by atoms with van der Waals surface area (Å²) in [5.74, 6) is -1.76. The van der Waals surface area contributed by atoms with Gasteiger partial charge in [0.25, 0.3) is 0 Å². The number of carboxylic acid groups (broad SMARTS) is 1. The van der Waals surface area contributed by atoms with Gasteiger partial charge in [0.2, 0.25) is 0 Å². The minimum Gasteiger partial charge on any atom is -0.478 e. The largest absolute Gasteiger partial charge is 0.478 e. The van der Waals surface area contributed by atoms with Gasteiger partial charge < -0.3 is 10.0 Å². The summed E-state index contributed by atoms with van der Waals surface area (Å²) in [6, 6.07) is 6.54. The molecule has 104 valence electrons. The summed E-state index contributed by atoms with van der Waals surface area (Å²) >= 11 is 2.99. The van der Waals surface area contributed by atoms with Gasteiger partial charge in [-0.3, -0.25) is 4.98 Å². The lowest BCUT2D eigenvalue weighted by molar-refractivity contribution is 0.0695. The molecule has 4 nitrogen and oxygen atoms in total.